The highest BCUT2D eigenvalue weighted by Crippen LogP contribution is 2.43. The van der Waals surface area contributed by atoms with E-state index < -0.39 is 23.8 Å². The van der Waals surface area contributed by atoms with Gasteiger partial charge in [-0.3, -0.25) is 14.5 Å². The number of hydrogen-bond acceptors (Lipinski definition) is 7. The Labute approximate surface area is 207 Å². The van der Waals surface area contributed by atoms with Gasteiger partial charge in [-0.2, -0.15) is 5.26 Å². The number of nitriles is 1. The Kier molecular flexibility index (Phi) is 6.83. The van der Waals surface area contributed by atoms with Crippen LogP contribution >= 0.6 is 22.7 Å². The van der Waals surface area contributed by atoms with E-state index in [4.69, 9.17) is 4.74 Å². The van der Waals surface area contributed by atoms with E-state index in [0.717, 1.165) is 33.9 Å². The third kappa shape index (κ3) is 5.18. The second kappa shape index (κ2) is 9.51. The van der Waals surface area contributed by atoms with Crippen molar-refractivity contribution in [3.05, 3.63) is 34.0 Å². The van der Waals surface area contributed by atoms with Gasteiger partial charge in [0.05, 0.1) is 10.9 Å². The first kappa shape index (κ1) is 24.4. The lowest BCUT2D eigenvalue weighted by Crippen LogP contribution is -2.55. The maximum absolute atomic E-state index is 13.2. The molecule has 2 aromatic rings. The van der Waals surface area contributed by atoms with Crippen LogP contribution in [0.1, 0.15) is 61.5 Å². The minimum Gasteiger partial charge on any atom is -0.444 e. The first-order valence-electron chi connectivity index (χ1n) is 11.5. The van der Waals surface area contributed by atoms with Crippen LogP contribution in [0.25, 0.3) is 9.75 Å². The Bertz CT molecular complexity index is 1140. The fourth-order valence-electron chi connectivity index (χ4n) is 4.77. The molecular weight excluding hydrogens is 470 g/mol. The molecule has 2 aromatic heterocycles. The molecule has 0 radical (unpaired) electrons. The maximum Gasteiger partial charge on any atom is 0.411 e. The highest BCUT2D eigenvalue weighted by molar-refractivity contribution is 7.23. The number of nitrogens with zero attached hydrogens (tertiary/aromatic N) is 2. The number of amides is 2. The molecule has 4 atom stereocenters. The number of ether oxygens (including phenoxy) is 1. The fourth-order valence-corrected chi connectivity index (χ4v) is 6.81. The van der Waals surface area contributed by atoms with E-state index in [-0.39, 0.29) is 23.7 Å². The van der Waals surface area contributed by atoms with Gasteiger partial charge in [0.15, 0.2) is 5.78 Å². The van der Waals surface area contributed by atoms with E-state index in [1.54, 1.807) is 23.2 Å². The summed E-state index contributed by atoms with van der Waals surface area (Å²) >= 11 is 3.00. The van der Waals surface area contributed by atoms with Crippen LogP contribution in [-0.4, -0.2) is 46.4 Å². The summed E-state index contributed by atoms with van der Waals surface area (Å²) in [7, 11) is 0. The van der Waals surface area contributed by atoms with Crippen molar-refractivity contribution < 1.29 is 19.1 Å². The monoisotopic (exact) mass is 499 g/mol. The molecule has 1 aliphatic heterocycles. The molecule has 34 heavy (non-hydrogen) atoms. The predicted octanol–water partition coefficient (Wildman–Crippen LogP) is 5.02. The molecule has 0 spiro atoms. The molecule has 1 saturated carbocycles. The summed E-state index contributed by atoms with van der Waals surface area (Å²) in [5, 5.41) is 12.6. The summed E-state index contributed by atoms with van der Waals surface area (Å²) in [5.74, 6) is -0.147. The molecule has 2 bridgehead atoms. The Hall–Kier alpha value is -2.70. The second-order valence-electron chi connectivity index (χ2n) is 9.94. The molecule has 180 valence electrons. The number of nitrogens with one attached hydrogen (secondary N) is 1. The zero-order valence-electron chi connectivity index (χ0n) is 19.8. The first-order valence-corrected chi connectivity index (χ1v) is 13.1. The lowest BCUT2D eigenvalue weighted by atomic mass is 9.97. The summed E-state index contributed by atoms with van der Waals surface area (Å²) in [6.07, 6.45) is 2.49. The third-order valence-corrected chi connectivity index (χ3v) is 8.68. The highest BCUT2D eigenvalue weighted by atomic mass is 32.1. The molecule has 1 aliphatic carbocycles. The largest absolute Gasteiger partial charge is 0.444 e. The fraction of sp³-hybridized carbons (Fsp3) is 0.520. The molecule has 1 N–H and O–H groups in total. The number of hydrogen-bond donors (Lipinski definition) is 1. The van der Waals surface area contributed by atoms with Gasteiger partial charge in [-0.15, -0.1) is 22.7 Å². The molecule has 2 amide bonds. The standard InChI is InChI=1S/C25H29N3O4S2/c1-14(29)19-9-10-21(34-19)20-8-7-18(33-20)12-16(13-26)27-23(30)22-15-5-6-17(11-15)28(22)24(31)32-25(2,3)4/h7-10,15-17,22H,5-6,11-12H2,1-4H3,(H,27,30)/t15?,16-,17?,22?/m0/s1. The normalized spacial score (nSPS) is 22.3. The van der Waals surface area contributed by atoms with Crippen molar-refractivity contribution in [3.8, 4) is 15.8 Å². The number of Topliss-reactive ketones (excluding diaryl/α,β-unsaturated/α-hetero) is 1. The first-order chi connectivity index (χ1) is 16.1. The number of likely N-dealkylation sites (tertiary alicyclic amines) is 1. The maximum atomic E-state index is 13.2. The zero-order chi connectivity index (χ0) is 24.6. The van der Waals surface area contributed by atoms with Crippen molar-refractivity contribution >= 4 is 40.5 Å². The molecule has 3 heterocycles. The van der Waals surface area contributed by atoms with Crippen LogP contribution in [0.2, 0.25) is 0 Å². The van der Waals surface area contributed by atoms with Crippen molar-refractivity contribution in [2.45, 2.75) is 77.1 Å². The summed E-state index contributed by atoms with van der Waals surface area (Å²) < 4.78 is 5.57. The number of piperidine rings is 1. The Balaban J connectivity index is 1.42. The van der Waals surface area contributed by atoms with E-state index in [9.17, 15) is 19.6 Å². The van der Waals surface area contributed by atoms with Crippen LogP contribution in [0.15, 0.2) is 24.3 Å². The Morgan fingerprint density at radius 3 is 2.53 bits per heavy atom. The lowest BCUT2D eigenvalue weighted by molar-refractivity contribution is -0.128. The van der Waals surface area contributed by atoms with Crippen molar-refractivity contribution in [2.24, 2.45) is 5.92 Å². The van der Waals surface area contributed by atoms with Gasteiger partial charge in [0.1, 0.15) is 17.7 Å². The Morgan fingerprint density at radius 1 is 1.18 bits per heavy atom. The van der Waals surface area contributed by atoms with E-state index in [1.807, 2.05) is 45.0 Å². The van der Waals surface area contributed by atoms with Gasteiger partial charge in [0.2, 0.25) is 5.91 Å². The quantitative estimate of drug-likeness (QED) is 0.563. The predicted molar refractivity (Wildman–Crippen MR) is 132 cm³/mol. The van der Waals surface area contributed by atoms with Gasteiger partial charge in [0, 0.05) is 27.1 Å². The van der Waals surface area contributed by atoms with Gasteiger partial charge in [-0.25, -0.2) is 4.79 Å². The molecule has 4 rings (SSSR count). The lowest BCUT2D eigenvalue weighted by Gasteiger charge is -2.35. The number of thiophene rings is 2. The van der Waals surface area contributed by atoms with Crippen molar-refractivity contribution in [1.82, 2.24) is 10.2 Å². The third-order valence-electron chi connectivity index (χ3n) is 6.19. The number of carbonyl (C=O) groups excluding carboxylic acids is 3. The van der Waals surface area contributed by atoms with Crippen LogP contribution in [0.5, 0.6) is 0 Å². The SMILES string of the molecule is CC(=O)c1ccc(-c2ccc(C[C@@H](C#N)NC(=O)C3C4CCC(C4)N3C(=O)OC(C)(C)C)s2)s1. The molecule has 2 aliphatic rings. The van der Waals surface area contributed by atoms with Gasteiger partial charge < -0.3 is 10.1 Å². The van der Waals surface area contributed by atoms with Crippen molar-refractivity contribution in [1.29, 1.82) is 5.26 Å². The smallest absolute Gasteiger partial charge is 0.411 e. The molecule has 9 heteroatoms. The number of rotatable bonds is 6. The van der Waals surface area contributed by atoms with Crippen LogP contribution in [0, 0.1) is 17.2 Å². The number of ketones is 1. The van der Waals surface area contributed by atoms with Gasteiger partial charge in [-0.1, -0.05) is 0 Å². The van der Waals surface area contributed by atoms with Crippen LogP contribution < -0.4 is 5.32 Å². The summed E-state index contributed by atoms with van der Waals surface area (Å²) in [4.78, 5) is 43.0. The van der Waals surface area contributed by atoms with E-state index in [1.165, 1.54) is 11.3 Å². The highest BCUT2D eigenvalue weighted by Gasteiger charge is 2.52. The molecule has 0 aromatic carbocycles. The molecule has 7 nitrogen and oxygen atoms in total. The molecule has 2 fully saturated rings. The second-order valence-corrected chi connectivity index (χ2v) is 12.2. The average Bonchev–Trinajstić information content (AvgIpc) is 3.54. The van der Waals surface area contributed by atoms with Crippen molar-refractivity contribution in [2.75, 3.05) is 0 Å². The van der Waals surface area contributed by atoms with Gasteiger partial charge in [-0.05, 0) is 77.1 Å². The zero-order valence-corrected chi connectivity index (χ0v) is 21.4. The minimum atomic E-state index is -0.699. The van der Waals surface area contributed by atoms with E-state index in [0.29, 0.717) is 11.3 Å². The van der Waals surface area contributed by atoms with Gasteiger partial charge in [0.25, 0.3) is 0 Å². The average molecular weight is 500 g/mol. The van der Waals surface area contributed by atoms with Gasteiger partial charge >= 0.3 is 6.09 Å². The minimum absolute atomic E-state index is 0.0154. The van der Waals surface area contributed by atoms with Crippen molar-refractivity contribution in [3.63, 3.8) is 0 Å². The van der Waals surface area contributed by atoms with Crippen LogP contribution in [-0.2, 0) is 16.0 Å². The van der Waals surface area contributed by atoms with Crippen LogP contribution in [0.4, 0.5) is 4.79 Å². The van der Waals surface area contributed by atoms with Crippen LogP contribution in [0.3, 0.4) is 0 Å². The van der Waals surface area contributed by atoms with E-state index in [2.05, 4.69) is 11.4 Å². The molecular formula is C25H29N3O4S2. The number of carbonyl (C=O) groups is 3. The number of fused-ring (bicyclic) bond motifs is 2. The topological polar surface area (TPSA) is 99.5 Å². The molecule has 1 saturated heterocycles. The summed E-state index contributed by atoms with van der Waals surface area (Å²) in [6.45, 7) is 6.99. The molecule has 3 unspecified atom stereocenters. The summed E-state index contributed by atoms with van der Waals surface area (Å²) in [5.41, 5.74) is -0.639. The summed E-state index contributed by atoms with van der Waals surface area (Å²) in [6, 6.07) is 8.60. The van der Waals surface area contributed by atoms with E-state index >= 15 is 0 Å². The Morgan fingerprint density at radius 2 is 1.88 bits per heavy atom.